The summed E-state index contributed by atoms with van der Waals surface area (Å²) in [6, 6.07) is 0. The van der Waals surface area contributed by atoms with Crippen molar-refractivity contribution in [3.8, 4) is 0 Å². The van der Waals surface area contributed by atoms with Gasteiger partial charge in [-0.3, -0.25) is 0 Å². The topological polar surface area (TPSA) is 70.1 Å². The van der Waals surface area contributed by atoms with Crippen LogP contribution in [0.5, 0.6) is 0 Å². The molecule has 0 aliphatic heterocycles. The smallest absolute Gasteiger partial charge is 0.354 e. The molecule has 5 nitrogen and oxygen atoms in total. The van der Waals surface area contributed by atoms with E-state index in [4.69, 9.17) is 5.73 Å². The van der Waals surface area contributed by atoms with Crippen LogP contribution in [0.3, 0.4) is 0 Å². The third-order valence-electron chi connectivity index (χ3n) is 1.56. The fourth-order valence-electron chi connectivity index (χ4n) is 0.832. The molecule has 2 N–H and O–H groups in total. The second kappa shape index (κ2) is 5.29. The number of imidazole rings is 1. The van der Waals surface area contributed by atoms with Gasteiger partial charge < -0.3 is 15.0 Å². The Kier molecular flexibility index (Phi) is 4.72. The van der Waals surface area contributed by atoms with E-state index in [0.29, 0.717) is 5.82 Å². The highest BCUT2D eigenvalue weighted by molar-refractivity contribution is 5.91. The average Bonchev–Trinajstić information content (AvgIpc) is 2.50. The summed E-state index contributed by atoms with van der Waals surface area (Å²) in [5.74, 6) is 0.0610. The maximum absolute atomic E-state index is 10.9. The van der Waals surface area contributed by atoms with Gasteiger partial charge in [-0.05, 0) is 0 Å². The van der Waals surface area contributed by atoms with Gasteiger partial charge in [0.1, 0.15) is 11.5 Å². The lowest BCUT2D eigenvalue weighted by atomic mass is 10.4. The van der Waals surface area contributed by atoms with Gasteiger partial charge in [0.25, 0.3) is 0 Å². The minimum absolute atomic E-state index is 0. The first kappa shape index (κ1) is 12.5. The summed E-state index contributed by atoms with van der Waals surface area (Å²) in [6.45, 7) is 0. The van der Waals surface area contributed by atoms with Gasteiger partial charge in [-0.15, -0.1) is 12.4 Å². The van der Waals surface area contributed by atoms with E-state index in [0.717, 1.165) is 0 Å². The molecular formula is C8H12ClN3O2. The molecule has 78 valence electrons. The van der Waals surface area contributed by atoms with E-state index in [2.05, 4.69) is 9.72 Å². The van der Waals surface area contributed by atoms with Crippen LogP contribution in [0.25, 0.3) is 6.08 Å². The summed E-state index contributed by atoms with van der Waals surface area (Å²) >= 11 is 0. The first-order valence-electron chi connectivity index (χ1n) is 3.68. The first-order valence-corrected chi connectivity index (χ1v) is 3.68. The molecule has 0 radical (unpaired) electrons. The third kappa shape index (κ3) is 2.77. The maximum Gasteiger partial charge on any atom is 0.354 e. The molecule has 0 aliphatic rings. The number of hydrogen-bond donors (Lipinski definition) is 1. The van der Waals surface area contributed by atoms with Crippen LogP contribution < -0.4 is 5.73 Å². The number of carbonyl (C=O) groups is 1. The summed E-state index contributed by atoms with van der Waals surface area (Å²) in [6.07, 6.45) is 4.85. The van der Waals surface area contributed by atoms with E-state index in [1.54, 1.807) is 17.0 Å². The summed E-state index contributed by atoms with van der Waals surface area (Å²) in [4.78, 5) is 14.9. The Morgan fingerprint density at radius 1 is 1.71 bits per heavy atom. The number of rotatable bonds is 2. The average molecular weight is 218 g/mol. The lowest BCUT2D eigenvalue weighted by Gasteiger charge is -1.98. The van der Waals surface area contributed by atoms with E-state index < -0.39 is 5.97 Å². The molecule has 1 heterocycles. The van der Waals surface area contributed by atoms with E-state index in [1.165, 1.54) is 13.2 Å². The molecule has 0 aromatic carbocycles. The fraction of sp³-hybridized carbons (Fsp3) is 0.250. The van der Waals surface area contributed by atoms with Crippen LogP contribution >= 0.6 is 12.4 Å². The predicted octanol–water partition coefficient (Wildman–Crippen LogP) is 0.314. The number of aryl methyl sites for hydroxylation is 1. The standard InChI is InChI=1S/C8H11N3O2.ClH/c1-11-4-3-10-7(11)5-6(9)8(12)13-2;/h3-5H,9H2,1-2H3;1H/b6-5-;. The van der Waals surface area contributed by atoms with Crippen LogP contribution in [-0.4, -0.2) is 22.6 Å². The van der Waals surface area contributed by atoms with Gasteiger partial charge in [-0.25, -0.2) is 9.78 Å². The van der Waals surface area contributed by atoms with Crippen molar-refractivity contribution in [2.75, 3.05) is 7.11 Å². The largest absolute Gasteiger partial charge is 0.464 e. The van der Waals surface area contributed by atoms with Crippen molar-refractivity contribution in [1.82, 2.24) is 9.55 Å². The van der Waals surface area contributed by atoms with Gasteiger partial charge in [0.15, 0.2) is 0 Å². The van der Waals surface area contributed by atoms with E-state index in [9.17, 15) is 4.79 Å². The van der Waals surface area contributed by atoms with Gasteiger partial charge in [0.05, 0.1) is 7.11 Å². The fourth-order valence-corrected chi connectivity index (χ4v) is 0.832. The SMILES string of the molecule is COC(=O)/C(N)=C/c1nccn1C.Cl. The maximum atomic E-state index is 10.9. The molecule has 6 heteroatoms. The Hall–Kier alpha value is -1.49. The molecule has 14 heavy (non-hydrogen) atoms. The number of nitrogens with zero attached hydrogens (tertiary/aromatic N) is 2. The summed E-state index contributed by atoms with van der Waals surface area (Å²) in [5.41, 5.74) is 5.46. The number of nitrogens with two attached hydrogens (primary N) is 1. The summed E-state index contributed by atoms with van der Waals surface area (Å²) in [5, 5.41) is 0. The number of hydrogen-bond acceptors (Lipinski definition) is 4. The van der Waals surface area contributed by atoms with Crippen LogP contribution in [0, 0.1) is 0 Å². The molecule has 0 aliphatic carbocycles. The zero-order valence-corrected chi connectivity index (χ0v) is 8.75. The minimum Gasteiger partial charge on any atom is -0.464 e. The summed E-state index contributed by atoms with van der Waals surface area (Å²) in [7, 11) is 3.09. The third-order valence-corrected chi connectivity index (χ3v) is 1.56. The van der Waals surface area contributed by atoms with Crippen LogP contribution in [0.15, 0.2) is 18.1 Å². The predicted molar refractivity (Wildman–Crippen MR) is 54.6 cm³/mol. The molecule has 0 fully saturated rings. The first-order chi connectivity index (χ1) is 6.15. The lowest BCUT2D eigenvalue weighted by molar-refractivity contribution is -0.136. The van der Waals surface area contributed by atoms with Gasteiger partial charge >= 0.3 is 5.97 Å². The van der Waals surface area contributed by atoms with Crippen molar-refractivity contribution in [2.24, 2.45) is 12.8 Å². The Morgan fingerprint density at radius 2 is 2.36 bits per heavy atom. The van der Waals surface area contributed by atoms with Gasteiger partial charge in [0, 0.05) is 25.5 Å². The van der Waals surface area contributed by atoms with Crippen molar-refractivity contribution >= 4 is 24.5 Å². The van der Waals surface area contributed by atoms with Gasteiger partial charge in [-0.2, -0.15) is 0 Å². The molecule has 0 unspecified atom stereocenters. The van der Waals surface area contributed by atoms with Crippen LogP contribution in [0.2, 0.25) is 0 Å². The molecule has 0 saturated heterocycles. The zero-order valence-electron chi connectivity index (χ0n) is 7.93. The van der Waals surface area contributed by atoms with E-state index in [-0.39, 0.29) is 18.1 Å². The molecule has 0 spiro atoms. The van der Waals surface area contributed by atoms with Crippen molar-refractivity contribution in [2.45, 2.75) is 0 Å². The highest BCUT2D eigenvalue weighted by Gasteiger charge is 2.05. The Labute approximate surface area is 88.0 Å². The molecule has 1 aromatic heterocycles. The van der Waals surface area contributed by atoms with E-state index >= 15 is 0 Å². The quantitative estimate of drug-likeness (QED) is 0.572. The molecular weight excluding hydrogens is 206 g/mol. The molecule has 0 amide bonds. The van der Waals surface area contributed by atoms with Crippen molar-refractivity contribution in [3.05, 3.63) is 23.9 Å². The number of ether oxygens (including phenoxy) is 1. The highest BCUT2D eigenvalue weighted by atomic mass is 35.5. The van der Waals surface area contributed by atoms with Crippen molar-refractivity contribution in [1.29, 1.82) is 0 Å². The van der Waals surface area contributed by atoms with Crippen LogP contribution in [0.4, 0.5) is 0 Å². The number of esters is 1. The number of aromatic nitrogens is 2. The number of carbonyl (C=O) groups excluding carboxylic acids is 1. The second-order valence-electron chi connectivity index (χ2n) is 2.49. The number of methoxy groups -OCH3 is 1. The van der Waals surface area contributed by atoms with Gasteiger partial charge in [-0.1, -0.05) is 0 Å². The van der Waals surface area contributed by atoms with Crippen LogP contribution in [-0.2, 0) is 16.6 Å². The number of halogens is 1. The molecule has 1 rings (SSSR count). The summed E-state index contributed by atoms with van der Waals surface area (Å²) < 4.78 is 6.18. The second-order valence-corrected chi connectivity index (χ2v) is 2.49. The Bertz CT molecular complexity index is 346. The molecule has 0 bridgehead atoms. The van der Waals surface area contributed by atoms with Crippen molar-refractivity contribution in [3.63, 3.8) is 0 Å². The monoisotopic (exact) mass is 217 g/mol. The normalized spacial score (nSPS) is 10.6. The van der Waals surface area contributed by atoms with E-state index in [1.807, 2.05) is 7.05 Å². The van der Waals surface area contributed by atoms with Gasteiger partial charge in [0.2, 0.25) is 0 Å². The Balaban J connectivity index is 0.00000169. The Morgan fingerprint density at radius 3 is 2.79 bits per heavy atom. The van der Waals surface area contributed by atoms with Crippen LogP contribution in [0.1, 0.15) is 5.82 Å². The highest BCUT2D eigenvalue weighted by Crippen LogP contribution is 2.00. The van der Waals surface area contributed by atoms with Crippen molar-refractivity contribution < 1.29 is 9.53 Å². The lowest BCUT2D eigenvalue weighted by Crippen LogP contribution is -2.13. The molecule has 1 aromatic rings. The molecule has 0 saturated carbocycles. The zero-order chi connectivity index (χ0) is 9.84. The minimum atomic E-state index is -0.553. The molecule has 0 atom stereocenters.